The second kappa shape index (κ2) is 20.0. The first kappa shape index (κ1) is 26.2. The molecule has 4 heteroatoms. The number of rotatable bonds is 19. The molecule has 0 spiro atoms. The Morgan fingerprint density at radius 1 is 0.778 bits per heavy atom. The van der Waals surface area contributed by atoms with Gasteiger partial charge in [-0.1, -0.05) is 85.5 Å². The van der Waals surface area contributed by atoms with Crippen molar-refractivity contribution in [2.24, 2.45) is 0 Å². The monoisotopic (exact) mass is 385 g/mol. The van der Waals surface area contributed by atoms with Gasteiger partial charge in [0, 0.05) is 6.54 Å². The molecule has 0 aromatic heterocycles. The van der Waals surface area contributed by atoms with E-state index in [9.17, 15) is 4.79 Å². The zero-order valence-corrected chi connectivity index (χ0v) is 18.8. The minimum absolute atomic E-state index is 0.00864. The fourth-order valence-corrected chi connectivity index (χ4v) is 3.36. The molecule has 0 rings (SSSR count). The normalized spacial score (nSPS) is 12.3. The maximum Gasteiger partial charge on any atom is 0.508 e. The highest BCUT2D eigenvalue weighted by Crippen LogP contribution is 2.14. The largest absolute Gasteiger partial charge is 0.508 e. The van der Waals surface area contributed by atoms with E-state index in [1.54, 1.807) is 0 Å². The molecule has 0 N–H and O–H groups in total. The summed E-state index contributed by atoms with van der Waals surface area (Å²) in [6.45, 7) is 12.1. The van der Waals surface area contributed by atoms with Crippen LogP contribution in [0.5, 0.6) is 0 Å². The van der Waals surface area contributed by atoms with E-state index in [2.05, 4.69) is 32.6 Å². The average Bonchev–Trinajstić information content (AvgIpc) is 2.68. The molecule has 0 saturated carbocycles. The van der Waals surface area contributed by atoms with Gasteiger partial charge < -0.3 is 14.4 Å². The van der Waals surface area contributed by atoms with Gasteiger partial charge >= 0.3 is 6.16 Å². The van der Waals surface area contributed by atoms with E-state index in [0.717, 1.165) is 45.3 Å². The van der Waals surface area contributed by atoms with E-state index in [-0.39, 0.29) is 6.10 Å². The molecule has 162 valence electrons. The minimum atomic E-state index is -0.492. The van der Waals surface area contributed by atoms with Gasteiger partial charge in [0.15, 0.2) is 0 Å². The van der Waals surface area contributed by atoms with Crippen LogP contribution in [0.4, 0.5) is 4.79 Å². The second-order valence-corrected chi connectivity index (χ2v) is 7.60. The predicted octanol–water partition coefficient (Wildman–Crippen LogP) is 6.96. The number of ether oxygens (including phenoxy) is 2. The van der Waals surface area contributed by atoms with Crippen LogP contribution in [0.25, 0.3) is 0 Å². The molecular formula is C23H47NO3. The molecular weight excluding hydrogens is 338 g/mol. The van der Waals surface area contributed by atoms with Crippen molar-refractivity contribution < 1.29 is 14.3 Å². The molecule has 0 bridgehead atoms. The van der Waals surface area contributed by atoms with Gasteiger partial charge in [0.1, 0.15) is 6.10 Å². The Balaban J connectivity index is 3.58. The predicted molar refractivity (Wildman–Crippen MR) is 115 cm³/mol. The van der Waals surface area contributed by atoms with Crippen LogP contribution in [0.2, 0.25) is 0 Å². The fraction of sp³-hybridized carbons (Fsp3) is 0.957. The number of nitrogens with zero attached hydrogens (tertiary/aromatic N) is 1. The summed E-state index contributed by atoms with van der Waals surface area (Å²) < 4.78 is 10.7. The molecule has 0 heterocycles. The Morgan fingerprint density at radius 2 is 1.33 bits per heavy atom. The standard InChI is InChI=1S/C23H47NO3/c1-5-9-10-11-12-13-14-15-16-17-19-22(6-2)27-23(25)26-21-18-20-24(7-3)8-4/h22H,5-21H2,1-4H3. The topological polar surface area (TPSA) is 38.8 Å². The number of hydrogen-bond donors (Lipinski definition) is 0. The lowest BCUT2D eigenvalue weighted by molar-refractivity contribution is 0.0170. The van der Waals surface area contributed by atoms with Crippen molar-refractivity contribution in [2.75, 3.05) is 26.2 Å². The fourth-order valence-electron chi connectivity index (χ4n) is 3.36. The van der Waals surface area contributed by atoms with E-state index >= 15 is 0 Å². The Morgan fingerprint density at radius 3 is 1.85 bits per heavy atom. The SMILES string of the molecule is CCCCCCCCCCCCC(CC)OC(=O)OCCCN(CC)CC. The van der Waals surface area contributed by atoms with Crippen LogP contribution in [-0.4, -0.2) is 43.4 Å². The molecule has 4 nitrogen and oxygen atoms in total. The molecule has 1 unspecified atom stereocenters. The van der Waals surface area contributed by atoms with Gasteiger partial charge in [-0.25, -0.2) is 4.79 Å². The average molecular weight is 386 g/mol. The number of carbonyl (C=O) groups is 1. The first-order valence-electron chi connectivity index (χ1n) is 11.7. The van der Waals surface area contributed by atoms with Crippen LogP contribution in [0.3, 0.4) is 0 Å². The van der Waals surface area contributed by atoms with Gasteiger partial charge in [0.05, 0.1) is 6.61 Å². The Bertz CT molecular complexity index is 319. The summed E-state index contributed by atoms with van der Waals surface area (Å²) in [5, 5.41) is 0. The van der Waals surface area contributed by atoms with Gasteiger partial charge in [0.25, 0.3) is 0 Å². The van der Waals surface area contributed by atoms with Crippen molar-refractivity contribution >= 4 is 6.16 Å². The molecule has 0 aromatic rings. The van der Waals surface area contributed by atoms with E-state index in [4.69, 9.17) is 9.47 Å². The van der Waals surface area contributed by atoms with Crippen LogP contribution >= 0.6 is 0 Å². The first-order valence-corrected chi connectivity index (χ1v) is 11.7. The number of unbranched alkanes of at least 4 members (excludes halogenated alkanes) is 9. The van der Waals surface area contributed by atoms with E-state index in [0.29, 0.717) is 6.61 Å². The Kier molecular flexibility index (Phi) is 19.4. The van der Waals surface area contributed by atoms with Gasteiger partial charge in [-0.3, -0.25) is 0 Å². The van der Waals surface area contributed by atoms with Crippen molar-refractivity contribution in [1.82, 2.24) is 4.90 Å². The molecule has 27 heavy (non-hydrogen) atoms. The zero-order chi connectivity index (χ0) is 20.2. The van der Waals surface area contributed by atoms with Gasteiger partial charge in [0.2, 0.25) is 0 Å². The molecule has 1 atom stereocenters. The van der Waals surface area contributed by atoms with Crippen molar-refractivity contribution in [3.05, 3.63) is 0 Å². The summed E-state index contributed by atoms with van der Waals surface area (Å²) >= 11 is 0. The third-order valence-corrected chi connectivity index (χ3v) is 5.33. The van der Waals surface area contributed by atoms with Crippen molar-refractivity contribution in [2.45, 2.75) is 117 Å². The molecule has 0 amide bonds. The lowest BCUT2D eigenvalue weighted by atomic mass is 10.0. The Labute approximate surface area is 169 Å². The van der Waals surface area contributed by atoms with Gasteiger partial charge in [-0.15, -0.1) is 0 Å². The minimum Gasteiger partial charge on any atom is -0.434 e. The highest BCUT2D eigenvalue weighted by molar-refractivity contribution is 5.60. The smallest absolute Gasteiger partial charge is 0.434 e. The molecule has 0 aliphatic carbocycles. The summed E-state index contributed by atoms with van der Waals surface area (Å²) in [6.07, 6.45) is 15.5. The molecule has 0 aliphatic heterocycles. The van der Waals surface area contributed by atoms with Crippen molar-refractivity contribution in [3.63, 3.8) is 0 Å². The van der Waals surface area contributed by atoms with Crippen LogP contribution in [-0.2, 0) is 9.47 Å². The number of hydrogen-bond acceptors (Lipinski definition) is 4. The molecule has 0 saturated heterocycles. The van der Waals surface area contributed by atoms with E-state index < -0.39 is 6.16 Å². The van der Waals surface area contributed by atoms with Crippen molar-refractivity contribution in [1.29, 1.82) is 0 Å². The highest BCUT2D eigenvalue weighted by Gasteiger charge is 2.13. The van der Waals surface area contributed by atoms with Crippen LogP contribution in [0.1, 0.15) is 111 Å². The maximum atomic E-state index is 11.8. The summed E-state index contributed by atoms with van der Waals surface area (Å²) in [4.78, 5) is 14.1. The van der Waals surface area contributed by atoms with Crippen LogP contribution in [0.15, 0.2) is 0 Å². The third-order valence-electron chi connectivity index (χ3n) is 5.33. The van der Waals surface area contributed by atoms with E-state index in [1.165, 1.54) is 57.8 Å². The summed E-state index contributed by atoms with van der Waals surface area (Å²) in [5.74, 6) is 0. The number of carbonyl (C=O) groups excluding carboxylic acids is 1. The Hall–Kier alpha value is -0.770. The van der Waals surface area contributed by atoms with Crippen LogP contribution < -0.4 is 0 Å². The quantitative estimate of drug-likeness (QED) is 0.178. The lowest BCUT2D eigenvalue weighted by Crippen LogP contribution is -2.25. The first-order chi connectivity index (χ1) is 13.2. The molecule has 0 aliphatic rings. The molecule has 0 fully saturated rings. The zero-order valence-electron chi connectivity index (χ0n) is 18.8. The summed E-state index contributed by atoms with van der Waals surface area (Å²) in [5.41, 5.74) is 0. The molecule has 0 radical (unpaired) electrons. The van der Waals surface area contributed by atoms with Gasteiger partial charge in [-0.05, 0) is 38.8 Å². The molecule has 0 aromatic carbocycles. The van der Waals surface area contributed by atoms with E-state index in [1.807, 2.05) is 0 Å². The lowest BCUT2D eigenvalue weighted by Gasteiger charge is -2.18. The maximum absolute atomic E-state index is 11.8. The second-order valence-electron chi connectivity index (χ2n) is 7.60. The highest BCUT2D eigenvalue weighted by atomic mass is 16.7. The van der Waals surface area contributed by atoms with Crippen molar-refractivity contribution in [3.8, 4) is 0 Å². The summed E-state index contributed by atoms with van der Waals surface area (Å²) in [7, 11) is 0. The third kappa shape index (κ3) is 17.1. The summed E-state index contributed by atoms with van der Waals surface area (Å²) in [6, 6.07) is 0. The van der Waals surface area contributed by atoms with Gasteiger partial charge in [-0.2, -0.15) is 0 Å². The van der Waals surface area contributed by atoms with Crippen LogP contribution in [0, 0.1) is 0 Å².